The number of esters is 1. The van der Waals surface area contributed by atoms with Crippen molar-refractivity contribution in [2.75, 3.05) is 21.2 Å². The minimum Gasteiger partial charge on any atom is -0.497 e. The van der Waals surface area contributed by atoms with Crippen LogP contribution in [0.1, 0.15) is 19.6 Å². The minimum absolute atomic E-state index is 0.0312. The second-order valence-electron chi connectivity index (χ2n) is 7.13. The normalized spacial score (nSPS) is 13.4. The molecule has 0 fully saturated rings. The van der Waals surface area contributed by atoms with Crippen LogP contribution >= 0.6 is 0 Å². The number of carbonyl (C=O) groups is 1. The highest BCUT2D eigenvalue weighted by Gasteiger charge is 2.30. The molecule has 2 rings (SSSR count). The van der Waals surface area contributed by atoms with Gasteiger partial charge in [0.05, 0.1) is 12.0 Å². The van der Waals surface area contributed by atoms with Crippen molar-refractivity contribution in [1.82, 2.24) is 9.03 Å². The number of rotatable bonds is 10. The van der Waals surface area contributed by atoms with Crippen LogP contribution in [0.15, 0.2) is 50.8 Å². The maximum absolute atomic E-state index is 12.7. The third-order valence-electron chi connectivity index (χ3n) is 4.30. The summed E-state index contributed by atoms with van der Waals surface area (Å²) in [6.07, 6.45) is 0. The summed E-state index contributed by atoms with van der Waals surface area (Å²) in [7, 11) is -3.57. The maximum Gasteiger partial charge on any atom is 0.324 e. The van der Waals surface area contributed by atoms with Crippen LogP contribution < -0.4 is 9.46 Å². The molecule has 0 aliphatic heterocycles. The van der Waals surface area contributed by atoms with Crippen molar-refractivity contribution in [2.45, 2.75) is 36.5 Å². The molecule has 1 N–H and O–H groups in total. The van der Waals surface area contributed by atoms with E-state index in [-0.39, 0.29) is 22.4 Å². The quantitative estimate of drug-likeness (QED) is 0.514. The molecular formula is C19H26N2O8S2. The van der Waals surface area contributed by atoms with E-state index in [1.807, 2.05) is 0 Å². The van der Waals surface area contributed by atoms with Crippen LogP contribution in [-0.4, -0.2) is 54.4 Å². The van der Waals surface area contributed by atoms with Crippen molar-refractivity contribution in [3.05, 3.63) is 42.2 Å². The van der Waals surface area contributed by atoms with Crippen molar-refractivity contribution >= 4 is 26.0 Å². The number of methoxy groups -OCH3 is 1. The maximum atomic E-state index is 12.7. The lowest BCUT2D eigenvalue weighted by molar-refractivity contribution is -0.148. The molecule has 0 bridgehead atoms. The smallest absolute Gasteiger partial charge is 0.324 e. The van der Waals surface area contributed by atoms with Crippen molar-refractivity contribution in [3.8, 4) is 5.75 Å². The number of ether oxygens (including phenoxy) is 2. The predicted octanol–water partition coefficient (Wildman–Crippen LogP) is 1.58. The first-order valence-electron chi connectivity index (χ1n) is 9.22. The van der Waals surface area contributed by atoms with Crippen LogP contribution in [0.5, 0.6) is 5.75 Å². The summed E-state index contributed by atoms with van der Waals surface area (Å²) in [5.74, 6) is -0.635. The van der Waals surface area contributed by atoms with Gasteiger partial charge < -0.3 is 13.9 Å². The van der Waals surface area contributed by atoms with Crippen molar-refractivity contribution in [2.24, 2.45) is 5.92 Å². The first-order valence-corrected chi connectivity index (χ1v) is 12.1. The largest absolute Gasteiger partial charge is 0.497 e. The van der Waals surface area contributed by atoms with E-state index in [4.69, 9.17) is 13.9 Å². The zero-order valence-electron chi connectivity index (χ0n) is 17.9. The van der Waals surface area contributed by atoms with Crippen molar-refractivity contribution < 1.29 is 35.5 Å². The molecule has 2 aromatic rings. The summed E-state index contributed by atoms with van der Waals surface area (Å²) in [4.78, 5) is 12.5. The van der Waals surface area contributed by atoms with Crippen LogP contribution in [0, 0.1) is 5.92 Å². The van der Waals surface area contributed by atoms with Gasteiger partial charge in [-0.05, 0) is 42.3 Å². The number of sulfonamides is 2. The number of hydrogen-bond acceptors (Lipinski definition) is 8. The van der Waals surface area contributed by atoms with E-state index in [0.29, 0.717) is 5.75 Å². The lowest BCUT2D eigenvalue weighted by Gasteiger charge is -2.20. The van der Waals surface area contributed by atoms with Crippen LogP contribution in [0.4, 0.5) is 0 Å². The molecule has 31 heavy (non-hydrogen) atoms. The highest BCUT2D eigenvalue weighted by Crippen LogP contribution is 2.19. The van der Waals surface area contributed by atoms with E-state index < -0.39 is 38.0 Å². The van der Waals surface area contributed by atoms with Gasteiger partial charge in [-0.15, -0.1) is 0 Å². The van der Waals surface area contributed by atoms with Gasteiger partial charge in [-0.3, -0.25) is 4.79 Å². The number of hydrogen-bond donors (Lipinski definition) is 1. The molecule has 0 spiro atoms. The second-order valence-corrected chi connectivity index (χ2v) is 10.9. The lowest BCUT2D eigenvalue weighted by atomic mass is 10.1. The zero-order chi connectivity index (χ0) is 23.4. The highest BCUT2D eigenvalue weighted by molar-refractivity contribution is 7.89. The van der Waals surface area contributed by atoms with Gasteiger partial charge in [0.2, 0.25) is 15.1 Å². The van der Waals surface area contributed by atoms with Crippen molar-refractivity contribution in [3.63, 3.8) is 0 Å². The average molecular weight is 475 g/mol. The molecule has 0 radical (unpaired) electrons. The molecule has 12 heteroatoms. The van der Waals surface area contributed by atoms with E-state index in [0.717, 1.165) is 4.31 Å². The van der Waals surface area contributed by atoms with Crippen LogP contribution in [-0.2, 0) is 36.2 Å². The molecule has 0 saturated heterocycles. The molecular weight excluding hydrogens is 448 g/mol. The predicted molar refractivity (Wildman–Crippen MR) is 111 cm³/mol. The minimum atomic E-state index is -4.00. The van der Waals surface area contributed by atoms with Crippen molar-refractivity contribution in [1.29, 1.82) is 0 Å². The summed E-state index contributed by atoms with van der Waals surface area (Å²) < 4.78 is 68.2. The average Bonchev–Trinajstić information content (AvgIpc) is 3.20. The summed E-state index contributed by atoms with van der Waals surface area (Å²) in [6.45, 7) is 2.98. The van der Waals surface area contributed by atoms with Gasteiger partial charge in [0.25, 0.3) is 10.0 Å². The number of nitrogens with one attached hydrogen (secondary N) is 1. The van der Waals surface area contributed by atoms with E-state index in [1.54, 1.807) is 13.8 Å². The van der Waals surface area contributed by atoms with Gasteiger partial charge in [0.1, 0.15) is 24.2 Å². The Balaban J connectivity index is 2.10. The van der Waals surface area contributed by atoms with Gasteiger partial charge in [-0.1, -0.05) is 13.8 Å². The van der Waals surface area contributed by atoms with Gasteiger partial charge in [-0.25, -0.2) is 21.1 Å². The van der Waals surface area contributed by atoms with E-state index in [9.17, 15) is 21.6 Å². The molecule has 1 atom stereocenters. The van der Waals surface area contributed by atoms with Gasteiger partial charge in [-0.2, -0.15) is 4.72 Å². The Morgan fingerprint density at radius 3 is 2.19 bits per heavy atom. The Morgan fingerprint density at radius 1 is 1.06 bits per heavy atom. The highest BCUT2D eigenvalue weighted by atomic mass is 32.2. The lowest BCUT2D eigenvalue weighted by Crippen LogP contribution is -2.45. The third-order valence-corrected chi connectivity index (χ3v) is 7.45. The molecule has 10 nitrogen and oxygen atoms in total. The number of nitrogens with zero attached hydrogens (tertiary/aromatic N) is 1. The standard InChI is InChI=1S/C19H26N2O8S2/c1-13(2)18(20-30(23,24)16-9-6-14(27-5)7-10-16)19(22)28-12-15-8-11-17(29-15)31(25,26)21(3)4/h6-11,13,18,20H,12H2,1-5H3/t18-/m0/s1. The topological polar surface area (TPSA) is 132 Å². The molecule has 172 valence electrons. The zero-order valence-corrected chi connectivity index (χ0v) is 19.5. The number of benzene rings is 1. The monoisotopic (exact) mass is 474 g/mol. The Morgan fingerprint density at radius 2 is 1.68 bits per heavy atom. The van der Waals surface area contributed by atoms with E-state index in [2.05, 4.69) is 4.72 Å². The Labute approximate surface area is 182 Å². The molecule has 0 amide bonds. The second kappa shape index (κ2) is 9.81. The molecule has 0 unspecified atom stereocenters. The molecule has 0 aliphatic rings. The Kier molecular flexibility index (Phi) is 7.87. The summed E-state index contributed by atoms with van der Waals surface area (Å²) >= 11 is 0. The number of carbonyl (C=O) groups excluding carboxylic acids is 1. The SMILES string of the molecule is COc1ccc(S(=O)(=O)N[C@H](C(=O)OCc2ccc(S(=O)(=O)N(C)C)o2)C(C)C)cc1. The molecule has 1 aromatic heterocycles. The van der Waals surface area contributed by atoms with Crippen LogP contribution in [0.3, 0.4) is 0 Å². The van der Waals surface area contributed by atoms with Crippen LogP contribution in [0.25, 0.3) is 0 Å². The Hall–Kier alpha value is -2.41. The molecule has 0 aliphatic carbocycles. The fourth-order valence-corrected chi connectivity index (χ4v) is 4.58. The fourth-order valence-electron chi connectivity index (χ4n) is 2.43. The third kappa shape index (κ3) is 6.06. The molecule has 0 saturated carbocycles. The summed E-state index contributed by atoms with van der Waals surface area (Å²) in [5.41, 5.74) is 0. The first-order chi connectivity index (χ1) is 14.4. The number of furan rings is 1. The summed E-state index contributed by atoms with van der Waals surface area (Å²) in [6, 6.07) is 7.17. The van der Waals surface area contributed by atoms with Gasteiger partial charge >= 0.3 is 5.97 Å². The van der Waals surface area contributed by atoms with Gasteiger partial charge in [0, 0.05) is 14.1 Å². The summed E-state index contributed by atoms with van der Waals surface area (Å²) in [5, 5.41) is -0.288. The Bertz CT molecular complexity index is 1100. The van der Waals surface area contributed by atoms with Gasteiger partial charge in [0.15, 0.2) is 0 Å². The first kappa shape index (κ1) is 24.9. The van der Waals surface area contributed by atoms with E-state index in [1.165, 1.54) is 57.6 Å². The molecule has 1 aromatic carbocycles. The molecule has 1 heterocycles. The fraction of sp³-hybridized carbons (Fsp3) is 0.421. The van der Waals surface area contributed by atoms with Crippen LogP contribution in [0.2, 0.25) is 0 Å². The van der Waals surface area contributed by atoms with E-state index >= 15 is 0 Å².